The van der Waals surface area contributed by atoms with Gasteiger partial charge in [0, 0.05) is 22.7 Å². The van der Waals surface area contributed by atoms with Gasteiger partial charge in [0.2, 0.25) is 11.3 Å². The maximum absolute atomic E-state index is 13.4. The van der Waals surface area contributed by atoms with Crippen molar-refractivity contribution in [2.45, 2.75) is 0 Å². The maximum Gasteiger partial charge on any atom is 0.270 e. The first-order valence-corrected chi connectivity index (χ1v) is 9.72. The molecule has 0 unspecified atom stereocenters. The fraction of sp³-hybridized carbons (Fsp3) is 0.0435. The zero-order valence-corrected chi connectivity index (χ0v) is 17.4. The number of halogens is 1. The van der Waals surface area contributed by atoms with E-state index in [2.05, 4.69) is 5.32 Å². The van der Waals surface area contributed by atoms with Gasteiger partial charge >= 0.3 is 0 Å². The van der Waals surface area contributed by atoms with E-state index < -0.39 is 16.3 Å². The monoisotopic (exact) mass is 450 g/mol. The Morgan fingerprint density at radius 2 is 1.88 bits per heavy atom. The molecule has 9 heteroatoms. The number of nitro groups is 1. The predicted molar refractivity (Wildman–Crippen MR) is 121 cm³/mol. The van der Waals surface area contributed by atoms with Crippen LogP contribution >= 0.6 is 11.6 Å². The highest BCUT2D eigenvalue weighted by Gasteiger charge is 2.20. The predicted octanol–water partition coefficient (Wildman–Crippen LogP) is 5.28. The van der Waals surface area contributed by atoms with E-state index in [-0.39, 0.29) is 33.7 Å². The number of carbonyl (C=O) groups is 1. The van der Waals surface area contributed by atoms with Crippen molar-refractivity contribution < 1.29 is 18.9 Å². The molecule has 0 saturated heterocycles. The summed E-state index contributed by atoms with van der Waals surface area (Å²) in [5.74, 6) is -0.270. The summed E-state index contributed by atoms with van der Waals surface area (Å²) in [6, 6.07) is 16.5. The molecule has 0 radical (unpaired) electrons. The van der Waals surface area contributed by atoms with Crippen LogP contribution in [0.15, 0.2) is 75.9 Å². The van der Waals surface area contributed by atoms with Crippen molar-refractivity contribution in [1.82, 2.24) is 0 Å². The van der Waals surface area contributed by atoms with Crippen molar-refractivity contribution in [3.8, 4) is 16.9 Å². The lowest BCUT2D eigenvalue weighted by Gasteiger charge is -2.12. The van der Waals surface area contributed by atoms with Crippen LogP contribution in [0.5, 0.6) is 5.75 Å². The quantitative estimate of drug-likeness (QED) is 0.327. The van der Waals surface area contributed by atoms with Gasteiger partial charge in [-0.05, 0) is 42.0 Å². The number of rotatable bonds is 5. The van der Waals surface area contributed by atoms with Gasteiger partial charge in [-0.2, -0.15) is 0 Å². The van der Waals surface area contributed by atoms with Gasteiger partial charge in [0.25, 0.3) is 11.6 Å². The molecule has 0 aliphatic heterocycles. The minimum Gasteiger partial charge on any atom is -0.497 e. The Bertz CT molecular complexity index is 1430. The SMILES string of the molecule is COc1cccc(-c2c(NC(=O)c3cccc([N+](=O)[O-])c3)oc3ccc(Cl)cc3c2=O)c1. The summed E-state index contributed by atoms with van der Waals surface area (Å²) in [6.45, 7) is 0. The normalized spacial score (nSPS) is 10.7. The third kappa shape index (κ3) is 4.03. The van der Waals surface area contributed by atoms with Crippen LogP contribution in [-0.4, -0.2) is 17.9 Å². The van der Waals surface area contributed by atoms with Gasteiger partial charge in [0.05, 0.1) is 23.0 Å². The Labute approximate surface area is 186 Å². The number of fused-ring (bicyclic) bond motifs is 1. The fourth-order valence-corrected chi connectivity index (χ4v) is 3.40. The topological polar surface area (TPSA) is 112 Å². The molecular formula is C23H15ClN2O6. The molecule has 1 amide bonds. The van der Waals surface area contributed by atoms with Crippen LogP contribution in [0, 0.1) is 10.1 Å². The van der Waals surface area contributed by atoms with Crippen molar-refractivity contribution in [2.75, 3.05) is 12.4 Å². The van der Waals surface area contributed by atoms with E-state index in [1.165, 1.54) is 37.4 Å². The van der Waals surface area contributed by atoms with E-state index in [9.17, 15) is 19.7 Å². The highest BCUT2D eigenvalue weighted by atomic mass is 35.5. The lowest BCUT2D eigenvalue weighted by Crippen LogP contribution is -2.16. The van der Waals surface area contributed by atoms with Crippen LogP contribution in [0.25, 0.3) is 22.1 Å². The van der Waals surface area contributed by atoms with Crippen LogP contribution in [0.3, 0.4) is 0 Å². The molecule has 1 heterocycles. The fourth-order valence-electron chi connectivity index (χ4n) is 3.23. The van der Waals surface area contributed by atoms with Gasteiger partial charge < -0.3 is 9.15 Å². The molecule has 4 aromatic rings. The number of ether oxygens (including phenoxy) is 1. The van der Waals surface area contributed by atoms with Crippen molar-refractivity contribution in [3.05, 3.63) is 97.7 Å². The molecule has 160 valence electrons. The summed E-state index contributed by atoms with van der Waals surface area (Å²) in [4.78, 5) is 36.7. The van der Waals surface area contributed by atoms with E-state index in [4.69, 9.17) is 20.8 Å². The van der Waals surface area contributed by atoms with E-state index in [1.807, 2.05) is 0 Å². The van der Waals surface area contributed by atoms with E-state index in [1.54, 1.807) is 30.3 Å². The molecule has 0 bridgehead atoms. The standard InChI is InChI=1S/C23H15ClN2O6/c1-31-17-7-3-4-13(11-17)20-21(27)18-12-15(24)8-9-19(18)32-23(20)25-22(28)14-5-2-6-16(10-14)26(29)30/h2-12H,1H3,(H,25,28). The van der Waals surface area contributed by atoms with Crippen LogP contribution in [0.4, 0.5) is 11.6 Å². The molecule has 8 nitrogen and oxygen atoms in total. The first-order valence-electron chi connectivity index (χ1n) is 9.34. The van der Waals surface area contributed by atoms with Gasteiger partial charge in [-0.3, -0.25) is 25.0 Å². The second kappa shape index (κ2) is 8.52. The Kier molecular flexibility index (Phi) is 5.61. The van der Waals surface area contributed by atoms with Crippen molar-refractivity contribution in [1.29, 1.82) is 0 Å². The second-order valence-electron chi connectivity index (χ2n) is 6.77. The Hall–Kier alpha value is -4.17. The van der Waals surface area contributed by atoms with Crippen molar-refractivity contribution >= 4 is 40.0 Å². The maximum atomic E-state index is 13.4. The lowest BCUT2D eigenvalue weighted by molar-refractivity contribution is -0.384. The number of hydrogen-bond acceptors (Lipinski definition) is 6. The summed E-state index contributed by atoms with van der Waals surface area (Å²) in [5, 5.41) is 14.2. The summed E-state index contributed by atoms with van der Waals surface area (Å²) < 4.78 is 11.1. The molecule has 0 aliphatic rings. The average molecular weight is 451 g/mol. The molecule has 32 heavy (non-hydrogen) atoms. The molecule has 1 aromatic heterocycles. The average Bonchev–Trinajstić information content (AvgIpc) is 2.80. The third-order valence-electron chi connectivity index (χ3n) is 4.76. The van der Waals surface area contributed by atoms with Gasteiger partial charge in [-0.15, -0.1) is 0 Å². The number of methoxy groups -OCH3 is 1. The Morgan fingerprint density at radius 3 is 2.62 bits per heavy atom. The first kappa shape index (κ1) is 21.1. The third-order valence-corrected chi connectivity index (χ3v) is 4.99. The minimum atomic E-state index is -0.672. The summed E-state index contributed by atoms with van der Waals surface area (Å²) in [7, 11) is 1.49. The first-order chi connectivity index (χ1) is 15.4. The zero-order valence-electron chi connectivity index (χ0n) is 16.6. The molecular weight excluding hydrogens is 436 g/mol. The van der Waals surface area contributed by atoms with E-state index in [0.29, 0.717) is 16.3 Å². The molecule has 3 aromatic carbocycles. The number of non-ortho nitro benzene ring substituents is 1. The van der Waals surface area contributed by atoms with Crippen molar-refractivity contribution in [3.63, 3.8) is 0 Å². The van der Waals surface area contributed by atoms with Crippen LogP contribution in [0.2, 0.25) is 5.02 Å². The van der Waals surface area contributed by atoms with Crippen LogP contribution in [0.1, 0.15) is 10.4 Å². The highest BCUT2D eigenvalue weighted by Crippen LogP contribution is 2.32. The molecule has 0 atom stereocenters. The number of anilines is 1. The van der Waals surface area contributed by atoms with Gasteiger partial charge in [0.15, 0.2) is 0 Å². The Morgan fingerprint density at radius 1 is 1.09 bits per heavy atom. The number of carbonyl (C=O) groups excluding carboxylic acids is 1. The van der Waals surface area contributed by atoms with E-state index in [0.717, 1.165) is 6.07 Å². The largest absolute Gasteiger partial charge is 0.497 e. The Balaban J connectivity index is 1.88. The summed E-state index contributed by atoms with van der Waals surface area (Å²) in [5.41, 5.74) is 0.165. The number of nitro benzene ring substituents is 1. The van der Waals surface area contributed by atoms with E-state index >= 15 is 0 Å². The van der Waals surface area contributed by atoms with Crippen LogP contribution in [-0.2, 0) is 0 Å². The number of benzene rings is 3. The summed E-state index contributed by atoms with van der Waals surface area (Å²) in [6.07, 6.45) is 0. The highest BCUT2D eigenvalue weighted by molar-refractivity contribution is 6.31. The summed E-state index contributed by atoms with van der Waals surface area (Å²) >= 11 is 6.06. The molecule has 0 fully saturated rings. The number of nitrogens with zero attached hydrogens (tertiary/aromatic N) is 1. The number of nitrogens with one attached hydrogen (secondary N) is 1. The molecule has 0 saturated carbocycles. The van der Waals surface area contributed by atoms with Gasteiger partial charge in [0.1, 0.15) is 11.3 Å². The van der Waals surface area contributed by atoms with Gasteiger partial charge in [-0.1, -0.05) is 29.8 Å². The smallest absolute Gasteiger partial charge is 0.270 e. The molecule has 1 N–H and O–H groups in total. The molecule has 0 spiro atoms. The lowest BCUT2D eigenvalue weighted by atomic mass is 10.0. The number of hydrogen-bond donors (Lipinski definition) is 1. The molecule has 4 rings (SSSR count). The second-order valence-corrected chi connectivity index (χ2v) is 7.21. The minimum absolute atomic E-state index is 0.0367. The number of amides is 1. The van der Waals surface area contributed by atoms with Crippen molar-refractivity contribution in [2.24, 2.45) is 0 Å². The van der Waals surface area contributed by atoms with Crippen LogP contribution < -0.4 is 15.5 Å². The molecule has 0 aliphatic carbocycles. The van der Waals surface area contributed by atoms with Gasteiger partial charge in [-0.25, -0.2) is 0 Å². The zero-order chi connectivity index (χ0) is 22.8.